The summed E-state index contributed by atoms with van der Waals surface area (Å²) >= 11 is 0. The van der Waals surface area contributed by atoms with E-state index in [4.69, 9.17) is 4.74 Å². The Morgan fingerprint density at radius 3 is 2.76 bits per heavy atom. The minimum atomic E-state index is -0.0988. The summed E-state index contributed by atoms with van der Waals surface area (Å²) in [6.07, 6.45) is 4.04. The van der Waals surface area contributed by atoms with Crippen LogP contribution in [0.2, 0.25) is 0 Å². The number of fused-ring (bicyclic) bond motifs is 1. The number of aromatic nitrogens is 2. The van der Waals surface area contributed by atoms with Crippen molar-refractivity contribution >= 4 is 11.0 Å². The molecule has 1 N–H and O–H groups in total. The monoisotopic (exact) mass is 289 g/mol. The van der Waals surface area contributed by atoms with Gasteiger partial charge in [-0.05, 0) is 38.5 Å². The lowest BCUT2D eigenvalue weighted by molar-refractivity contribution is -0.00649. The van der Waals surface area contributed by atoms with E-state index in [-0.39, 0.29) is 5.60 Å². The molecule has 2 aromatic heterocycles. The maximum Gasteiger partial charge on any atom is 0.140 e. The van der Waals surface area contributed by atoms with Crippen molar-refractivity contribution < 1.29 is 4.74 Å². The van der Waals surface area contributed by atoms with Gasteiger partial charge in [-0.1, -0.05) is 13.8 Å². The molecule has 0 saturated heterocycles. The molecule has 116 valence electrons. The molecule has 0 spiro atoms. The summed E-state index contributed by atoms with van der Waals surface area (Å²) in [4.78, 5) is 4.52. The van der Waals surface area contributed by atoms with Crippen LogP contribution in [0.5, 0.6) is 0 Å². The molecular weight excluding hydrogens is 262 g/mol. The Balaban J connectivity index is 2.15. The molecule has 4 heteroatoms. The van der Waals surface area contributed by atoms with E-state index in [0.717, 1.165) is 18.7 Å². The molecule has 2 aromatic rings. The Morgan fingerprint density at radius 2 is 2.10 bits per heavy atom. The molecule has 2 rings (SSSR count). The first-order valence-electron chi connectivity index (χ1n) is 7.67. The maximum absolute atomic E-state index is 5.83. The van der Waals surface area contributed by atoms with Gasteiger partial charge in [0.05, 0.1) is 12.2 Å². The van der Waals surface area contributed by atoms with Gasteiger partial charge in [-0.3, -0.25) is 0 Å². The van der Waals surface area contributed by atoms with Crippen molar-refractivity contribution in [2.24, 2.45) is 0 Å². The molecule has 4 nitrogen and oxygen atoms in total. The highest BCUT2D eigenvalue weighted by molar-refractivity contribution is 5.80. The molecular formula is C17H27N3O. The van der Waals surface area contributed by atoms with Crippen LogP contribution in [0.15, 0.2) is 24.5 Å². The second kappa shape index (κ2) is 6.58. The lowest BCUT2D eigenvalue weighted by atomic mass is 10.2. The molecule has 0 aromatic carbocycles. The van der Waals surface area contributed by atoms with Gasteiger partial charge in [0.2, 0.25) is 0 Å². The van der Waals surface area contributed by atoms with Crippen LogP contribution >= 0.6 is 0 Å². The van der Waals surface area contributed by atoms with E-state index in [2.05, 4.69) is 61.7 Å². The third kappa shape index (κ3) is 4.55. The number of hydrogen-bond acceptors (Lipinski definition) is 3. The van der Waals surface area contributed by atoms with Crippen molar-refractivity contribution in [2.45, 2.75) is 59.4 Å². The molecule has 0 aliphatic rings. The van der Waals surface area contributed by atoms with Gasteiger partial charge >= 0.3 is 0 Å². The van der Waals surface area contributed by atoms with E-state index in [1.54, 1.807) is 0 Å². The molecule has 0 bridgehead atoms. The van der Waals surface area contributed by atoms with Crippen LogP contribution in [0.25, 0.3) is 11.0 Å². The summed E-state index contributed by atoms with van der Waals surface area (Å²) in [5.41, 5.74) is 2.23. The molecule has 0 saturated carbocycles. The highest BCUT2D eigenvalue weighted by Crippen LogP contribution is 2.19. The largest absolute Gasteiger partial charge is 0.374 e. The van der Waals surface area contributed by atoms with E-state index >= 15 is 0 Å². The lowest BCUT2D eigenvalue weighted by Crippen LogP contribution is -2.22. The third-order valence-electron chi connectivity index (χ3n) is 3.28. The average molecular weight is 289 g/mol. The smallest absolute Gasteiger partial charge is 0.140 e. The van der Waals surface area contributed by atoms with E-state index in [9.17, 15) is 0 Å². The van der Waals surface area contributed by atoms with Crippen molar-refractivity contribution in [3.05, 3.63) is 30.1 Å². The second-order valence-electron chi connectivity index (χ2n) is 6.72. The second-order valence-corrected chi connectivity index (χ2v) is 6.72. The number of pyridine rings is 1. The molecule has 2 heterocycles. The average Bonchev–Trinajstić information content (AvgIpc) is 2.74. The van der Waals surface area contributed by atoms with Crippen molar-refractivity contribution in [3.8, 4) is 0 Å². The lowest BCUT2D eigenvalue weighted by Gasteiger charge is -2.19. The first kappa shape index (κ1) is 16.0. The van der Waals surface area contributed by atoms with Crippen LogP contribution in [0.1, 0.15) is 40.2 Å². The van der Waals surface area contributed by atoms with Gasteiger partial charge in [-0.2, -0.15) is 0 Å². The minimum absolute atomic E-state index is 0.0988. The van der Waals surface area contributed by atoms with Gasteiger partial charge in [0.25, 0.3) is 0 Å². The van der Waals surface area contributed by atoms with Crippen LogP contribution in [0.3, 0.4) is 0 Å². The maximum atomic E-state index is 5.83. The first-order valence-corrected chi connectivity index (χ1v) is 7.67. The molecule has 0 unspecified atom stereocenters. The summed E-state index contributed by atoms with van der Waals surface area (Å²) in [6.45, 7) is 13.0. The number of hydrogen-bond donors (Lipinski definition) is 1. The molecule has 0 atom stereocenters. The summed E-state index contributed by atoms with van der Waals surface area (Å²) in [6, 6.07) is 4.61. The molecule has 0 aliphatic carbocycles. The van der Waals surface area contributed by atoms with Crippen LogP contribution in [0, 0.1) is 0 Å². The number of ether oxygens (including phenoxy) is 1. The number of nitrogens with one attached hydrogen (secondary N) is 1. The fourth-order valence-electron chi connectivity index (χ4n) is 2.27. The fraction of sp³-hybridized carbons (Fsp3) is 0.588. The Hall–Kier alpha value is -1.39. The van der Waals surface area contributed by atoms with Crippen LogP contribution in [-0.4, -0.2) is 27.8 Å². The van der Waals surface area contributed by atoms with Crippen molar-refractivity contribution in [2.75, 3.05) is 6.61 Å². The summed E-state index contributed by atoms with van der Waals surface area (Å²) in [7, 11) is 0. The third-order valence-corrected chi connectivity index (χ3v) is 3.28. The first-order chi connectivity index (χ1) is 9.87. The van der Waals surface area contributed by atoms with Gasteiger partial charge in [0, 0.05) is 36.9 Å². The molecule has 0 amide bonds. The Bertz CT molecular complexity index is 581. The zero-order valence-corrected chi connectivity index (χ0v) is 13.8. The fourth-order valence-corrected chi connectivity index (χ4v) is 2.27. The van der Waals surface area contributed by atoms with Crippen molar-refractivity contribution in [3.63, 3.8) is 0 Å². The number of rotatable bonds is 6. The quantitative estimate of drug-likeness (QED) is 0.886. The predicted molar refractivity (Wildman–Crippen MR) is 87.4 cm³/mol. The molecule has 21 heavy (non-hydrogen) atoms. The number of nitrogens with zero attached hydrogens (tertiary/aromatic N) is 2. The Morgan fingerprint density at radius 1 is 1.33 bits per heavy atom. The zero-order chi connectivity index (χ0) is 15.5. The molecule has 0 fully saturated rings. The molecule has 0 aliphatic heterocycles. The summed E-state index contributed by atoms with van der Waals surface area (Å²) in [5, 5.41) is 4.70. The van der Waals surface area contributed by atoms with E-state index < -0.39 is 0 Å². The SMILES string of the molecule is CC(C)NCc1cn(CCOC(C)(C)C)c2ncccc12. The van der Waals surface area contributed by atoms with E-state index in [1.165, 1.54) is 10.9 Å². The Labute approximate surface area is 127 Å². The highest BCUT2D eigenvalue weighted by atomic mass is 16.5. The minimum Gasteiger partial charge on any atom is -0.374 e. The summed E-state index contributed by atoms with van der Waals surface area (Å²) in [5.74, 6) is 0. The van der Waals surface area contributed by atoms with E-state index in [1.807, 2.05) is 12.3 Å². The predicted octanol–water partition coefficient (Wildman–Crippen LogP) is 3.35. The van der Waals surface area contributed by atoms with Gasteiger partial charge in [-0.25, -0.2) is 4.98 Å². The van der Waals surface area contributed by atoms with Crippen molar-refractivity contribution in [1.82, 2.24) is 14.9 Å². The van der Waals surface area contributed by atoms with Gasteiger partial charge < -0.3 is 14.6 Å². The molecule has 0 radical (unpaired) electrons. The van der Waals surface area contributed by atoms with Crippen LogP contribution in [-0.2, 0) is 17.8 Å². The zero-order valence-electron chi connectivity index (χ0n) is 13.8. The standard InChI is InChI=1S/C17H27N3O/c1-13(2)19-11-14-12-20(9-10-21-17(3,4)5)16-15(14)7-6-8-18-16/h6-8,12-13,19H,9-11H2,1-5H3. The van der Waals surface area contributed by atoms with Gasteiger partial charge in [0.15, 0.2) is 0 Å². The normalized spacial score (nSPS) is 12.5. The van der Waals surface area contributed by atoms with Gasteiger partial charge in [-0.15, -0.1) is 0 Å². The van der Waals surface area contributed by atoms with E-state index in [0.29, 0.717) is 12.6 Å². The van der Waals surface area contributed by atoms with Crippen molar-refractivity contribution in [1.29, 1.82) is 0 Å². The van der Waals surface area contributed by atoms with Gasteiger partial charge in [0.1, 0.15) is 5.65 Å². The topological polar surface area (TPSA) is 39.1 Å². The van der Waals surface area contributed by atoms with Crippen LogP contribution in [0.4, 0.5) is 0 Å². The summed E-state index contributed by atoms with van der Waals surface area (Å²) < 4.78 is 8.02. The highest BCUT2D eigenvalue weighted by Gasteiger charge is 2.12. The Kier molecular flexibility index (Phi) is 5.01. The van der Waals surface area contributed by atoms with Crippen LogP contribution < -0.4 is 5.32 Å².